The number of nitroso groups, excluding NO2 is 1. The molecular weight excluding hydrogens is 386 g/mol. The molecule has 0 aromatic carbocycles. The fraction of sp³-hybridized carbons (Fsp3) is 0.933. The first-order valence-electron chi connectivity index (χ1n) is 8.89. The Hall–Kier alpha value is -1.08. The summed E-state index contributed by atoms with van der Waals surface area (Å²) < 4.78 is 11.1. The van der Waals surface area contributed by atoms with E-state index in [2.05, 4.69) is 5.29 Å². The van der Waals surface area contributed by atoms with E-state index in [4.69, 9.17) is 21.1 Å². The maximum absolute atomic E-state index is 11.9. The first-order valence-corrected chi connectivity index (χ1v) is 9.43. The van der Waals surface area contributed by atoms with Gasteiger partial charge in [0.05, 0.1) is 17.9 Å². The molecule has 156 valence electrons. The normalized spacial score (nSPS) is 33.3. The predicted molar refractivity (Wildman–Crippen MR) is 92.4 cm³/mol. The van der Waals surface area contributed by atoms with Gasteiger partial charge < -0.3 is 35.2 Å². The zero-order chi connectivity index (χ0) is 20.0. The zero-order valence-corrected chi connectivity index (χ0v) is 15.4. The van der Waals surface area contributed by atoms with Crippen molar-refractivity contribution < 1.29 is 34.7 Å². The Kier molecular flexibility index (Phi) is 8.61. The van der Waals surface area contributed by atoms with Crippen LogP contribution in [-0.4, -0.2) is 86.9 Å². The van der Waals surface area contributed by atoms with E-state index >= 15 is 0 Å². The van der Waals surface area contributed by atoms with E-state index in [0.717, 1.165) is 32.1 Å². The number of aliphatic hydroxyl groups is 4. The van der Waals surface area contributed by atoms with Crippen molar-refractivity contribution >= 4 is 17.6 Å². The number of aliphatic hydroxyl groups excluding tert-OH is 4. The third-order valence-electron chi connectivity index (χ3n) is 4.70. The van der Waals surface area contributed by atoms with E-state index in [0.29, 0.717) is 5.01 Å². The van der Waals surface area contributed by atoms with Crippen molar-refractivity contribution in [1.29, 1.82) is 0 Å². The van der Waals surface area contributed by atoms with E-state index in [1.54, 1.807) is 0 Å². The summed E-state index contributed by atoms with van der Waals surface area (Å²) in [6.45, 7) is -0.188. The van der Waals surface area contributed by atoms with Gasteiger partial charge in [0.15, 0.2) is 12.5 Å². The summed E-state index contributed by atoms with van der Waals surface area (Å²) in [6, 6.07) is -1.06. The second-order valence-corrected chi connectivity index (χ2v) is 7.00. The van der Waals surface area contributed by atoms with E-state index in [1.165, 1.54) is 0 Å². The number of nitrogens with zero attached hydrogens (tertiary/aromatic N) is 2. The van der Waals surface area contributed by atoms with Crippen molar-refractivity contribution in [3.63, 3.8) is 0 Å². The highest BCUT2D eigenvalue weighted by Gasteiger charge is 2.48. The van der Waals surface area contributed by atoms with Crippen LogP contribution in [0.3, 0.4) is 0 Å². The summed E-state index contributed by atoms with van der Waals surface area (Å²) >= 11 is 5.45. The van der Waals surface area contributed by atoms with Gasteiger partial charge in [-0.25, -0.2) is 4.79 Å². The van der Waals surface area contributed by atoms with Crippen LogP contribution in [0.1, 0.15) is 32.1 Å². The highest BCUT2D eigenvalue weighted by Crippen LogP contribution is 2.28. The Balaban J connectivity index is 2.00. The standard InChI is InChI=1S/C15H26ClN3O8/c16-6-7-19(18-25)15(24)17-13(23)12-10(21)9(20)11(22)14(27-12)26-8-4-2-1-3-5-8/h8-14,20-23H,1-7H2,(H,17,24)/t9-,10-,11+,12-,13?,14-/m0/s1. The fourth-order valence-electron chi connectivity index (χ4n) is 3.18. The second-order valence-electron chi connectivity index (χ2n) is 6.63. The minimum absolute atomic E-state index is 0.0555. The average molecular weight is 412 g/mol. The Labute approximate surface area is 161 Å². The lowest BCUT2D eigenvalue weighted by Gasteiger charge is -2.43. The van der Waals surface area contributed by atoms with Gasteiger partial charge in [0, 0.05) is 5.88 Å². The van der Waals surface area contributed by atoms with Crippen LogP contribution in [0.5, 0.6) is 0 Å². The number of carbonyl (C=O) groups is 1. The number of hydrogen-bond donors (Lipinski definition) is 5. The summed E-state index contributed by atoms with van der Waals surface area (Å²) in [5, 5.41) is 45.4. The molecule has 1 saturated carbocycles. The first kappa shape index (κ1) is 22.2. The molecule has 2 rings (SSSR count). The molecule has 1 aliphatic heterocycles. The summed E-state index contributed by atoms with van der Waals surface area (Å²) in [5.41, 5.74) is 0. The van der Waals surface area contributed by atoms with Crippen LogP contribution in [0.4, 0.5) is 4.79 Å². The van der Waals surface area contributed by atoms with Crippen LogP contribution in [0.15, 0.2) is 5.29 Å². The van der Waals surface area contributed by atoms with Crippen LogP contribution in [-0.2, 0) is 9.47 Å². The van der Waals surface area contributed by atoms with Crippen LogP contribution < -0.4 is 5.32 Å². The third-order valence-corrected chi connectivity index (χ3v) is 4.87. The van der Waals surface area contributed by atoms with E-state index in [-0.39, 0.29) is 18.5 Å². The van der Waals surface area contributed by atoms with E-state index in [9.17, 15) is 30.1 Å². The number of amides is 2. The highest BCUT2D eigenvalue weighted by atomic mass is 35.5. The van der Waals surface area contributed by atoms with Gasteiger partial charge in [-0.3, -0.25) is 0 Å². The molecule has 0 radical (unpaired) electrons. The summed E-state index contributed by atoms with van der Waals surface area (Å²) in [4.78, 5) is 22.5. The molecule has 0 aromatic heterocycles. The lowest BCUT2D eigenvalue weighted by molar-refractivity contribution is -0.322. The van der Waals surface area contributed by atoms with Crippen molar-refractivity contribution in [2.24, 2.45) is 5.29 Å². The van der Waals surface area contributed by atoms with Crippen molar-refractivity contribution in [3.05, 3.63) is 4.91 Å². The largest absolute Gasteiger partial charge is 0.387 e. The quantitative estimate of drug-likeness (QED) is 0.160. The molecule has 0 spiro atoms. The van der Waals surface area contributed by atoms with Gasteiger partial charge in [-0.15, -0.1) is 16.5 Å². The van der Waals surface area contributed by atoms with Gasteiger partial charge >= 0.3 is 6.03 Å². The number of urea groups is 1. The van der Waals surface area contributed by atoms with Crippen LogP contribution in [0.2, 0.25) is 0 Å². The van der Waals surface area contributed by atoms with E-state index < -0.39 is 43.0 Å². The molecule has 2 aliphatic rings. The van der Waals surface area contributed by atoms with Crippen LogP contribution in [0, 0.1) is 4.91 Å². The second kappa shape index (κ2) is 10.5. The smallest absolute Gasteiger partial charge is 0.342 e. The molecule has 0 aromatic rings. The van der Waals surface area contributed by atoms with Gasteiger partial charge in [-0.05, 0) is 12.8 Å². The number of ether oxygens (including phenoxy) is 2. The first-order chi connectivity index (χ1) is 12.9. The molecule has 2 amide bonds. The Morgan fingerprint density at radius 2 is 1.89 bits per heavy atom. The number of nitrogens with one attached hydrogen (secondary N) is 1. The Morgan fingerprint density at radius 1 is 1.22 bits per heavy atom. The monoisotopic (exact) mass is 411 g/mol. The minimum atomic E-state index is -1.80. The maximum atomic E-state index is 11.9. The number of carbonyl (C=O) groups excluding carboxylic acids is 1. The molecule has 0 bridgehead atoms. The minimum Gasteiger partial charge on any atom is -0.387 e. The molecular formula is C15H26ClN3O8. The number of rotatable bonds is 7. The molecule has 1 heterocycles. The summed E-state index contributed by atoms with van der Waals surface area (Å²) in [5.74, 6) is -0.0555. The lowest BCUT2D eigenvalue weighted by atomic mass is 9.96. The fourth-order valence-corrected chi connectivity index (χ4v) is 3.34. The SMILES string of the molecule is O=NN(CCCl)C(=O)NC(O)[C@H]1O[C@H](OC2CCCCC2)[C@H](O)[C@@H](O)[C@@H]1O. The predicted octanol–water partition coefficient (Wildman–Crippen LogP) is -0.607. The summed E-state index contributed by atoms with van der Waals surface area (Å²) in [7, 11) is 0. The van der Waals surface area contributed by atoms with Gasteiger partial charge in [-0.1, -0.05) is 19.3 Å². The Bertz CT molecular complexity index is 496. The van der Waals surface area contributed by atoms with Gasteiger partial charge in [-0.2, -0.15) is 5.01 Å². The molecule has 1 aliphatic carbocycles. The third kappa shape index (κ3) is 5.70. The maximum Gasteiger partial charge on any atom is 0.342 e. The zero-order valence-electron chi connectivity index (χ0n) is 14.7. The highest BCUT2D eigenvalue weighted by molar-refractivity contribution is 6.18. The average Bonchev–Trinajstić information content (AvgIpc) is 2.67. The number of hydrogen-bond acceptors (Lipinski definition) is 9. The number of halogens is 1. The summed E-state index contributed by atoms with van der Waals surface area (Å²) in [6.07, 6.45) is -5.07. The van der Waals surface area contributed by atoms with E-state index in [1.807, 2.05) is 5.32 Å². The molecule has 5 N–H and O–H groups in total. The van der Waals surface area contributed by atoms with Gasteiger partial charge in [0.25, 0.3) is 0 Å². The van der Waals surface area contributed by atoms with Gasteiger partial charge in [0.1, 0.15) is 24.4 Å². The molecule has 2 fully saturated rings. The van der Waals surface area contributed by atoms with Crippen molar-refractivity contribution in [2.75, 3.05) is 12.4 Å². The molecule has 6 atom stereocenters. The molecule has 11 nitrogen and oxygen atoms in total. The number of alkyl halides is 1. The van der Waals surface area contributed by atoms with Crippen molar-refractivity contribution in [2.45, 2.75) is 75.1 Å². The molecule has 1 unspecified atom stereocenters. The molecule has 12 heteroatoms. The van der Waals surface area contributed by atoms with Crippen molar-refractivity contribution in [1.82, 2.24) is 10.3 Å². The molecule has 27 heavy (non-hydrogen) atoms. The Morgan fingerprint density at radius 3 is 2.48 bits per heavy atom. The van der Waals surface area contributed by atoms with Gasteiger partial charge in [0.2, 0.25) is 0 Å². The lowest BCUT2D eigenvalue weighted by Crippen LogP contribution is -2.64. The topological polar surface area (TPSA) is 161 Å². The van der Waals surface area contributed by atoms with Crippen LogP contribution in [0.25, 0.3) is 0 Å². The van der Waals surface area contributed by atoms with Crippen molar-refractivity contribution in [3.8, 4) is 0 Å². The molecule has 1 saturated heterocycles. The van der Waals surface area contributed by atoms with Crippen LogP contribution >= 0.6 is 11.6 Å².